The number of hydrogen-bond donors (Lipinski definition) is 2. The lowest BCUT2D eigenvalue weighted by atomic mass is 9.94. The van der Waals surface area contributed by atoms with Crippen LogP contribution in [0.1, 0.15) is 84.5 Å². The fraction of sp³-hybridized carbons (Fsp3) is 0.486. The van der Waals surface area contributed by atoms with Gasteiger partial charge in [-0.25, -0.2) is 9.59 Å². The Hall–Kier alpha value is -4.32. The molecular weight excluding hydrogens is 558 g/mol. The van der Waals surface area contributed by atoms with Gasteiger partial charge in [-0.3, -0.25) is 14.5 Å². The molecule has 0 saturated heterocycles. The van der Waals surface area contributed by atoms with Crippen LogP contribution >= 0.6 is 0 Å². The van der Waals surface area contributed by atoms with E-state index >= 15 is 0 Å². The zero-order valence-corrected chi connectivity index (χ0v) is 27.4. The number of rotatable bonds is 11. The third-order valence-corrected chi connectivity index (χ3v) is 6.81. The topological polar surface area (TPSA) is 114 Å². The number of nitrogens with zero attached hydrogens (tertiary/aromatic N) is 1. The Balaban J connectivity index is 2.56. The minimum Gasteiger partial charge on any atom is -0.458 e. The Kier molecular flexibility index (Phi) is 12.6. The summed E-state index contributed by atoms with van der Waals surface area (Å²) < 4.78 is 11.1. The molecule has 0 saturated carbocycles. The van der Waals surface area contributed by atoms with E-state index in [0.29, 0.717) is 17.5 Å². The number of aryl methyl sites for hydroxylation is 1. The lowest BCUT2D eigenvalue weighted by molar-refractivity contribution is -0.159. The minimum atomic E-state index is -1.32. The number of ether oxygens (including phenoxy) is 2. The van der Waals surface area contributed by atoms with Crippen molar-refractivity contribution in [3.8, 4) is 12.5 Å². The molecule has 4 atom stereocenters. The first-order valence-electron chi connectivity index (χ1n) is 14.9. The number of carbonyl (C=O) groups is 4. The molecule has 0 bridgehead atoms. The molecule has 0 aliphatic rings. The predicted octanol–water partition coefficient (Wildman–Crippen LogP) is 5.46. The fourth-order valence-corrected chi connectivity index (χ4v) is 4.49. The summed E-state index contributed by atoms with van der Waals surface area (Å²) >= 11 is 0. The van der Waals surface area contributed by atoms with Crippen LogP contribution in [0.5, 0.6) is 0 Å². The average Bonchev–Trinajstić information content (AvgIpc) is 2.92. The third-order valence-electron chi connectivity index (χ3n) is 6.81. The van der Waals surface area contributed by atoms with Crippen molar-refractivity contribution in [2.24, 2.45) is 5.92 Å². The van der Waals surface area contributed by atoms with E-state index in [4.69, 9.17) is 15.9 Å². The van der Waals surface area contributed by atoms with Crippen molar-refractivity contribution in [1.82, 2.24) is 15.5 Å². The normalized spacial score (nSPS) is 14.2. The monoisotopic (exact) mass is 605 g/mol. The van der Waals surface area contributed by atoms with Crippen molar-refractivity contribution in [3.05, 3.63) is 71.3 Å². The van der Waals surface area contributed by atoms with Crippen molar-refractivity contribution < 1.29 is 28.7 Å². The molecule has 238 valence electrons. The zero-order chi connectivity index (χ0) is 33.2. The molecule has 0 aliphatic carbocycles. The van der Waals surface area contributed by atoms with Crippen LogP contribution in [0.4, 0.5) is 4.79 Å². The van der Waals surface area contributed by atoms with E-state index in [1.165, 1.54) is 0 Å². The summed E-state index contributed by atoms with van der Waals surface area (Å²) in [6, 6.07) is 15.2. The van der Waals surface area contributed by atoms with Gasteiger partial charge in [0.15, 0.2) is 0 Å². The van der Waals surface area contributed by atoms with E-state index < -0.39 is 53.2 Å². The Morgan fingerprint density at radius 3 is 1.98 bits per heavy atom. The van der Waals surface area contributed by atoms with Crippen LogP contribution in [0, 0.1) is 25.3 Å². The number of carbonyl (C=O) groups excluding carboxylic acids is 4. The third kappa shape index (κ3) is 10.7. The maximum absolute atomic E-state index is 14.2. The van der Waals surface area contributed by atoms with Crippen molar-refractivity contribution in [2.75, 3.05) is 0 Å². The highest BCUT2D eigenvalue weighted by molar-refractivity contribution is 5.95. The van der Waals surface area contributed by atoms with E-state index in [1.54, 1.807) is 79.7 Å². The number of esters is 1. The van der Waals surface area contributed by atoms with Crippen LogP contribution in [-0.4, -0.2) is 52.1 Å². The Morgan fingerprint density at radius 2 is 1.45 bits per heavy atom. The molecule has 2 aromatic rings. The van der Waals surface area contributed by atoms with E-state index in [1.807, 2.05) is 37.3 Å². The lowest BCUT2D eigenvalue weighted by Gasteiger charge is -2.33. The van der Waals surface area contributed by atoms with Crippen molar-refractivity contribution in [1.29, 1.82) is 0 Å². The summed E-state index contributed by atoms with van der Waals surface area (Å²) in [6.45, 7) is 15.9. The second kappa shape index (κ2) is 15.4. The van der Waals surface area contributed by atoms with E-state index in [9.17, 15) is 19.2 Å². The highest BCUT2D eigenvalue weighted by atomic mass is 16.6. The van der Waals surface area contributed by atoms with Gasteiger partial charge in [-0.1, -0.05) is 81.3 Å². The van der Waals surface area contributed by atoms with E-state index in [-0.39, 0.29) is 12.3 Å². The first-order valence-corrected chi connectivity index (χ1v) is 14.9. The van der Waals surface area contributed by atoms with Gasteiger partial charge in [-0.2, -0.15) is 0 Å². The van der Waals surface area contributed by atoms with Gasteiger partial charge in [-0.15, -0.1) is 0 Å². The molecule has 3 amide bonds. The van der Waals surface area contributed by atoms with Crippen molar-refractivity contribution in [2.45, 2.75) is 104 Å². The molecule has 2 rings (SSSR count). The van der Waals surface area contributed by atoms with Gasteiger partial charge < -0.3 is 20.1 Å². The second-order valence-electron chi connectivity index (χ2n) is 12.9. The Labute approximate surface area is 262 Å². The summed E-state index contributed by atoms with van der Waals surface area (Å²) in [4.78, 5) is 55.5. The summed E-state index contributed by atoms with van der Waals surface area (Å²) in [7, 11) is 0. The maximum atomic E-state index is 14.2. The van der Waals surface area contributed by atoms with Crippen LogP contribution in [0.3, 0.4) is 0 Å². The maximum Gasteiger partial charge on any atom is 0.408 e. The van der Waals surface area contributed by atoms with E-state index in [0.717, 1.165) is 10.5 Å². The van der Waals surface area contributed by atoms with Crippen LogP contribution < -0.4 is 10.6 Å². The molecular formula is C35H47N3O6. The summed E-state index contributed by atoms with van der Waals surface area (Å²) in [6.07, 6.45) is 5.85. The van der Waals surface area contributed by atoms with Crippen LogP contribution in [0.25, 0.3) is 0 Å². The van der Waals surface area contributed by atoms with Crippen LogP contribution in [0.2, 0.25) is 0 Å². The largest absolute Gasteiger partial charge is 0.458 e. The SMILES string of the molecule is C#CN(C(=O)C(NC(=O)OC(C)(C)C)C(C)CC)C(C(=O)NC(Cc1ccccc1)C(=O)OC(C)(C)C)c1ccccc1C. The van der Waals surface area contributed by atoms with Gasteiger partial charge in [0.1, 0.15) is 29.3 Å². The smallest absolute Gasteiger partial charge is 0.408 e. The molecule has 0 radical (unpaired) electrons. The lowest BCUT2D eigenvalue weighted by Crippen LogP contribution is -2.55. The number of alkyl carbamates (subject to hydrolysis) is 1. The molecule has 2 N–H and O–H groups in total. The number of hydrogen-bond acceptors (Lipinski definition) is 6. The van der Waals surface area contributed by atoms with Gasteiger partial charge >= 0.3 is 12.1 Å². The zero-order valence-electron chi connectivity index (χ0n) is 27.4. The molecule has 9 heteroatoms. The molecule has 0 heterocycles. The summed E-state index contributed by atoms with van der Waals surface area (Å²) in [5.74, 6) is -2.30. The number of terminal acetylenes is 1. The molecule has 0 aromatic heterocycles. The van der Waals surface area contributed by atoms with Crippen molar-refractivity contribution in [3.63, 3.8) is 0 Å². The molecule has 2 aromatic carbocycles. The quantitative estimate of drug-likeness (QED) is 0.200. The molecule has 9 nitrogen and oxygen atoms in total. The first-order chi connectivity index (χ1) is 20.5. The number of amides is 3. The minimum absolute atomic E-state index is 0.154. The number of nitrogens with one attached hydrogen (secondary N) is 2. The van der Waals surface area contributed by atoms with Gasteiger partial charge in [0.25, 0.3) is 5.91 Å². The summed E-state index contributed by atoms with van der Waals surface area (Å²) in [5.41, 5.74) is 0.387. The van der Waals surface area contributed by atoms with Crippen LogP contribution in [-0.2, 0) is 30.3 Å². The van der Waals surface area contributed by atoms with Gasteiger partial charge in [-0.05, 0) is 71.1 Å². The molecule has 0 aliphatic heterocycles. The molecule has 0 fully saturated rings. The van der Waals surface area contributed by atoms with Crippen molar-refractivity contribution >= 4 is 23.9 Å². The Morgan fingerprint density at radius 1 is 0.886 bits per heavy atom. The predicted molar refractivity (Wildman–Crippen MR) is 170 cm³/mol. The Bertz CT molecular complexity index is 1340. The van der Waals surface area contributed by atoms with Gasteiger partial charge in [0, 0.05) is 12.5 Å². The summed E-state index contributed by atoms with van der Waals surface area (Å²) in [5, 5.41) is 5.48. The first kappa shape index (κ1) is 35.9. The van der Waals surface area contributed by atoms with Gasteiger partial charge in [0.2, 0.25) is 5.91 Å². The average molecular weight is 606 g/mol. The second-order valence-corrected chi connectivity index (χ2v) is 12.9. The molecule has 0 spiro atoms. The highest BCUT2D eigenvalue weighted by Gasteiger charge is 2.40. The molecule has 4 unspecified atom stereocenters. The van der Waals surface area contributed by atoms with E-state index in [2.05, 4.69) is 16.7 Å². The standard InChI is InChI=1S/C35H47N3O6/c1-11-23(3)28(37-33(42)44-35(8,9)10)31(40)38(12-2)29(26-21-17-16-18-24(26)4)30(39)36-27(32(41)43-34(5,6)7)22-25-19-14-13-15-20-25/h2,13-21,23,27-29H,11,22H2,1,3-10H3,(H,36,39)(H,37,42). The fourth-order valence-electron chi connectivity index (χ4n) is 4.49. The van der Waals surface area contributed by atoms with Crippen LogP contribution in [0.15, 0.2) is 54.6 Å². The molecule has 44 heavy (non-hydrogen) atoms. The number of benzene rings is 2. The highest BCUT2D eigenvalue weighted by Crippen LogP contribution is 2.27. The van der Waals surface area contributed by atoms with Gasteiger partial charge in [0.05, 0.1) is 0 Å².